The van der Waals surface area contributed by atoms with Crippen molar-refractivity contribution in [2.45, 2.75) is 6.04 Å². The Labute approximate surface area is 99.7 Å². The van der Waals surface area contributed by atoms with Gasteiger partial charge < -0.3 is 15.5 Å². The molecule has 0 bridgehead atoms. The van der Waals surface area contributed by atoms with Gasteiger partial charge in [-0.15, -0.1) is 0 Å². The molecule has 4 nitrogen and oxygen atoms in total. The topological polar surface area (TPSA) is 55.7 Å². The number of phenols is 1. The van der Waals surface area contributed by atoms with Gasteiger partial charge in [-0.1, -0.05) is 0 Å². The maximum atomic E-state index is 13.2. The molecule has 0 radical (unpaired) electrons. The Morgan fingerprint density at radius 3 is 2.71 bits per heavy atom. The predicted octanol–water partition coefficient (Wildman–Crippen LogP) is 0.470. The number of benzene rings is 1. The average molecular weight is 240 g/mol. The fourth-order valence-electron chi connectivity index (χ4n) is 2.20. The van der Waals surface area contributed by atoms with Gasteiger partial charge in [0.15, 0.2) is 0 Å². The Morgan fingerprint density at radius 2 is 2.06 bits per heavy atom. The first-order valence-corrected chi connectivity index (χ1v) is 5.76. The molecular weight excluding hydrogens is 223 g/mol. The smallest absolute Gasteiger partial charge is 0.123 e. The molecule has 0 aliphatic carbocycles. The molecule has 1 aromatic rings. The monoisotopic (exact) mass is 240 g/mol. The maximum Gasteiger partial charge on any atom is 0.123 e. The van der Waals surface area contributed by atoms with Gasteiger partial charge >= 0.3 is 0 Å². The lowest BCUT2D eigenvalue weighted by Gasteiger charge is -2.34. The normalized spacial score (nSPS) is 19.2. The van der Waals surface area contributed by atoms with Gasteiger partial charge in [0.25, 0.3) is 0 Å². The Bertz CT molecular complexity index is 381. The molecule has 0 amide bonds. The largest absolute Gasteiger partial charge is 0.508 e. The van der Waals surface area contributed by atoms with E-state index in [-0.39, 0.29) is 18.4 Å². The number of hydrogen-bond donors (Lipinski definition) is 3. The van der Waals surface area contributed by atoms with Crippen molar-refractivity contribution in [2.24, 2.45) is 0 Å². The molecule has 94 valence electrons. The van der Waals surface area contributed by atoms with E-state index in [4.69, 9.17) is 0 Å². The Balaban J connectivity index is 2.24. The fourth-order valence-corrected chi connectivity index (χ4v) is 2.20. The Hall–Kier alpha value is -1.17. The zero-order chi connectivity index (χ0) is 12.3. The third-order valence-electron chi connectivity index (χ3n) is 3.11. The molecule has 0 saturated carbocycles. The summed E-state index contributed by atoms with van der Waals surface area (Å²) in [6.45, 7) is 3.11. The zero-order valence-electron chi connectivity index (χ0n) is 9.56. The molecular formula is C12H17FN2O2. The summed E-state index contributed by atoms with van der Waals surface area (Å²) in [5, 5.41) is 22.4. The van der Waals surface area contributed by atoms with Crippen LogP contribution >= 0.6 is 0 Å². The van der Waals surface area contributed by atoms with Gasteiger partial charge in [0.05, 0.1) is 12.6 Å². The van der Waals surface area contributed by atoms with E-state index in [2.05, 4.69) is 5.32 Å². The van der Waals surface area contributed by atoms with Crippen LogP contribution in [0.2, 0.25) is 0 Å². The van der Waals surface area contributed by atoms with E-state index in [1.54, 1.807) is 0 Å². The molecule has 1 aliphatic heterocycles. The van der Waals surface area contributed by atoms with Crippen molar-refractivity contribution in [3.05, 3.63) is 29.6 Å². The first-order chi connectivity index (χ1) is 8.22. The summed E-state index contributed by atoms with van der Waals surface area (Å²) < 4.78 is 13.2. The van der Waals surface area contributed by atoms with E-state index < -0.39 is 5.82 Å². The second-order valence-electron chi connectivity index (χ2n) is 4.19. The number of nitrogens with one attached hydrogen (secondary N) is 1. The molecule has 1 fully saturated rings. The highest BCUT2D eigenvalue weighted by Crippen LogP contribution is 2.29. The third kappa shape index (κ3) is 2.74. The number of rotatable bonds is 3. The van der Waals surface area contributed by atoms with Crippen LogP contribution in [0, 0.1) is 5.82 Å². The zero-order valence-corrected chi connectivity index (χ0v) is 9.56. The second kappa shape index (κ2) is 5.44. The van der Waals surface area contributed by atoms with Gasteiger partial charge in [0.1, 0.15) is 11.6 Å². The predicted molar refractivity (Wildman–Crippen MR) is 62.3 cm³/mol. The van der Waals surface area contributed by atoms with Crippen molar-refractivity contribution < 1.29 is 14.6 Å². The van der Waals surface area contributed by atoms with Gasteiger partial charge in [-0.25, -0.2) is 4.39 Å². The standard InChI is InChI=1S/C12H17FN2O2/c13-9-1-2-12(17)10(7-9)11(8-16)15-5-3-14-4-6-15/h1-2,7,11,14,16-17H,3-6,8H2/t11-/m0/s1. The van der Waals surface area contributed by atoms with Gasteiger partial charge in [-0.05, 0) is 18.2 Å². The number of piperazine rings is 1. The van der Waals surface area contributed by atoms with Gasteiger partial charge in [-0.3, -0.25) is 4.90 Å². The minimum atomic E-state index is -0.397. The SMILES string of the molecule is OC[C@@H](c1cc(F)ccc1O)N1CCNCC1. The van der Waals surface area contributed by atoms with Crippen molar-refractivity contribution in [3.63, 3.8) is 0 Å². The average Bonchev–Trinajstić information content (AvgIpc) is 2.36. The van der Waals surface area contributed by atoms with Crippen molar-refractivity contribution >= 4 is 0 Å². The number of halogens is 1. The third-order valence-corrected chi connectivity index (χ3v) is 3.11. The van der Waals surface area contributed by atoms with Crippen LogP contribution in [0.3, 0.4) is 0 Å². The summed E-state index contributed by atoms with van der Waals surface area (Å²) in [4.78, 5) is 2.05. The molecule has 1 saturated heterocycles. The highest BCUT2D eigenvalue weighted by molar-refractivity contribution is 5.35. The van der Waals surface area contributed by atoms with Crippen LogP contribution in [0.4, 0.5) is 4.39 Å². The maximum absolute atomic E-state index is 13.2. The molecule has 1 atom stereocenters. The van der Waals surface area contributed by atoms with Crippen molar-refractivity contribution in [1.29, 1.82) is 0 Å². The second-order valence-corrected chi connectivity index (χ2v) is 4.19. The van der Waals surface area contributed by atoms with E-state index in [1.807, 2.05) is 4.90 Å². The van der Waals surface area contributed by atoms with Gasteiger partial charge in [-0.2, -0.15) is 0 Å². The minimum absolute atomic E-state index is 0.0315. The summed E-state index contributed by atoms with van der Waals surface area (Å²) in [6, 6.07) is 3.49. The lowest BCUT2D eigenvalue weighted by atomic mass is 10.0. The van der Waals surface area contributed by atoms with E-state index in [9.17, 15) is 14.6 Å². The molecule has 0 unspecified atom stereocenters. The van der Waals surface area contributed by atoms with Crippen LogP contribution < -0.4 is 5.32 Å². The van der Waals surface area contributed by atoms with Crippen LogP contribution in [0.15, 0.2) is 18.2 Å². The quantitative estimate of drug-likeness (QED) is 0.719. The minimum Gasteiger partial charge on any atom is -0.508 e. The molecule has 5 heteroatoms. The van der Waals surface area contributed by atoms with Gasteiger partial charge in [0, 0.05) is 31.7 Å². The number of hydrogen-bond acceptors (Lipinski definition) is 4. The molecule has 17 heavy (non-hydrogen) atoms. The van der Waals surface area contributed by atoms with Gasteiger partial charge in [0.2, 0.25) is 0 Å². The highest BCUT2D eigenvalue weighted by atomic mass is 19.1. The molecule has 1 heterocycles. The first kappa shape index (κ1) is 12.3. The lowest BCUT2D eigenvalue weighted by molar-refractivity contribution is 0.109. The summed E-state index contributed by atoms with van der Waals surface area (Å²) in [6.07, 6.45) is 0. The summed E-state index contributed by atoms with van der Waals surface area (Å²) >= 11 is 0. The molecule has 1 aliphatic rings. The van der Waals surface area contributed by atoms with E-state index >= 15 is 0 Å². The van der Waals surface area contributed by atoms with Crippen LogP contribution in [0.1, 0.15) is 11.6 Å². The number of aliphatic hydroxyl groups is 1. The van der Waals surface area contributed by atoms with Crippen LogP contribution in [0.5, 0.6) is 5.75 Å². The summed E-state index contributed by atoms with van der Waals surface area (Å²) in [7, 11) is 0. The molecule has 2 rings (SSSR count). The Morgan fingerprint density at radius 1 is 1.35 bits per heavy atom. The number of phenolic OH excluding ortho intramolecular Hbond substituents is 1. The van der Waals surface area contributed by atoms with Crippen molar-refractivity contribution in [3.8, 4) is 5.75 Å². The summed E-state index contributed by atoms with van der Waals surface area (Å²) in [5.41, 5.74) is 0.453. The van der Waals surface area contributed by atoms with Crippen LogP contribution in [0.25, 0.3) is 0 Å². The molecule has 0 spiro atoms. The number of aromatic hydroxyl groups is 1. The van der Waals surface area contributed by atoms with E-state index in [0.29, 0.717) is 5.56 Å². The van der Waals surface area contributed by atoms with E-state index in [1.165, 1.54) is 18.2 Å². The van der Waals surface area contributed by atoms with Crippen LogP contribution in [-0.4, -0.2) is 47.9 Å². The number of nitrogens with zero attached hydrogens (tertiary/aromatic N) is 1. The van der Waals surface area contributed by atoms with Crippen molar-refractivity contribution in [2.75, 3.05) is 32.8 Å². The first-order valence-electron chi connectivity index (χ1n) is 5.76. The van der Waals surface area contributed by atoms with Crippen LogP contribution in [-0.2, 0) is 0 Å². The van der Waals surface area contributed by atoms with Crippen molar-refractivity contribution in [1.82, 2.24) is 10.2 Å². The van der Waals surface area contributed by atoms with E-state index in [0.717, 1.165) is 26.2 Å². The summed E-state index contributed by atoms with van der Waals surface area (Å²) in [5.74, 6) is -0.365. The molecule has 0 aromatic heterocycles. The molecule has 3 N–H and O–H groups in total. The Kier molecular flexibility index (Phi) is 3.93. The highest BCUT2D eigenvalue weighted by Gasteiger charge is 2.24. The lowest BCUT2D eigenvalue weighted by Crippen LogP contribution is -2.46. The fraction of sp³-hybridized carbons (Fsp3) is 0.500. The number of aliphatic hydroxyl groups excluding tert-OH is 1. The molecule has 1 aromatic carbocycles.